The molecule has 126 valence electrons. The number of hydrogen-bond donors (Lipinski definition) is 2. The van der Waals surface area contributed by atoms with Crippen LogP contribution in [0.5, 0.6) is 5.75 Å². The van der Waals surface area contributed by atoms with E-state index in [4.69, 9.17) is 14.6 Å². The second-order valence-corrected chi connectivity index (χ2v) is 5.13. The van der Waals surface area contributed by atoms with Crippen LogP contribution in [-0.2, 0) is 4.74 Å². The third-order valence-corrected chi connectivity index (χ3v) is 3.64. The predicted octanol–water partition coefficient (Wildman–Crippen LogP) is 1.94. The number of carbonyl (C=O) groups excluding carboxylic acids is 1. The molecule has 1 aliphatic heterocycles. The Hall–Kier alpha value is -2.22. The second-order valence-electron chi connectivity index (χ2n) is 5.13. The molecule has 23 heavy (non-hydrogen) atoms. The van der Waals surface area contributed by atoms with Crippen LogP contribution in [-0.4, -0.2) is 49.3 Å². The molecule has 0 bridgehead atoms. The number of carboxylic acids is 1. The smallest absolute Gasteiger partial charge is 0.339 e. The second kappa shape index (κ2) is 6.91. The van der Waals surface area contributed by atoms with Gasteiger partial charge in [-0.1, -0.05) is 6.07 Å². The van der Waals surface area contributed by atoms with E-state index < -0.39 is 30.3 Å². The van der Waals surface area contributed by atoms with Gasteiger partial charge in [-0.2, -0.15) is 0 Å². The van der Waals surface area contributed by atoms with Crippen molar-refractivity contribution >= 4 is 11.9 Å². The summed E-state index contributed by atoms with van der Waals surface area (Å²) >= 11 is 0. The SMILES string of the molecule is COc1c(C(=O)O)cccc1C(=O)NC1CCOCCC1(F)F. The summed E-state index contributed by atoms with van der Waals surface area (Å²) in [5.41, 5.74) is -0.315. The van der Waals surface area contributed by atoms with Crippen LogP contribution in [0.1, 0.15) is 33.6 Å². The van der Waals surface area contributed by atoms with Gasteiger partial charge in [-0.15, -0.1) is 0 Å². The quantitative estimate of drug-likeness (QED) is 0.882. The van der Waals surface area contributed by atoms with E-state index >= 15 is 0 Å². The number of methoxy groups -OCH3 is 1. The Bertz CT molecular complexity index is 606. The number of hydrogen-bond acceptors (Lipinski definition) is 4. The molecule has 1 unspecified atom stereocenters. The average molecular weight is 329 g/mol. The minimum Gasteiger partial charge on any atom is -0.495 e. The normalized spacial score (nSPS) is 20.4. The van der Waals surface area contributed by atoms with E-state index in [1.807, 2.05) is 0 Å². The predicted molar refractivity (Wildman–Crippen MR) is 76.2 cm³/mol. The van der Waals surface area contributed by atoms with Crippen molar-refractivity contribution in [3.05, 3.63) is 29.3 Å². The molecule has 1 aliphatic rings. The van der Waals surface area contributed by atoms with Gasteiger partial charge in [0.1, 0.15) is 11.3 Å². The van der Waals surface area contributed by atoms with Crippen LogP contribution in [0.3, 0.4) is 0 Å². The molecule has 1 aromatic rings. The van der Waals surface area contributed by atoms with Gasteiger partial charge in [-0.25, -0.2) is 13.6 Å². The molecule has 1 atom stereocenters. The summed E-state index contributed by atoms with van der Waals surface area (Å²) in [6, 6.07) is 2.57. The Morgan fingerprint density at radius 3 is 2.70 bits per heavy atom. The Balaban J connectivity index is 2.27. The van der Waals surface area contributed by atoms with Crippen LogP contribution in [0.15, 0.2) is 18.2 Å². The van der Waals surface area contributed by atoms with Gasteiger partial charge in [0.15, 0.2) is 0 Å². The Morgan fingerprint density at radius 2 is 2.04 bits per heavy atom. The number of halogens is 2. The molecule has 1 aromatic carbocycles. The van der Waals surface area contributed by atoms with Crippen molar-refractivity contribution in [3.8, 4) is 5.75 Å². The highest BCUT2D eigenvalue weighted by atomic mass is 19.3. The molecule has 2 rings (SSSR count). The molecule has 1 saturated heterocycles. The number of ether oxygens (including phenoxy) is 2. The molecular formula is C15H17F2NO5. The zero-order valence-corrected chi connectivity index (χ0v) is 12.5. The highest BCUT2D eigenvalue weighted by Gasteiger charge is 2.41. The Labute approximate surface area is 131 Å². The molecule has 0 spiro atoms. The van der Waals surface area contributed by atoms with Crippen molar-refractivity contribution in [2.24, 2.45) is 0 Å². The van der Waals surface area contributed by atoms with Crippen LogP contribution in [0, 0.1) is 0 Å². The lowest BCUT2D eigenvalue weighted by Gasteiger charge is -2.25. The lowest BCUT2D eigenvalue weighted by Crippen LogP contribution is -2.47. The summed E-state index contributed by atoms with van der Waals surface area (Å²) in [6.45, 7) is 0.0457. The highest BCUT2D eigenvalue weighted by molar-refractivity contribution is 6.02. The zero-order chi connectivity index (χ0) is 17.0. The van der Waals surface area contributed by atoms with Gasteiger partial charge in [-0.05, 0) is 18.6 Å². The third-order valence-electron chi connectivity index (χ3n) is 3.64. The maximum absolute atomic E-state index is 14.0. The summed E-state index contributed by atoms with van der Waals surface area (Å²) in [4.78, 5) is 23.5. The van der Waals surface area contributed by atoms with Crippen LogP contribution >= 0.6 is 0 Å². The summed E-state index contributed by atoms with van der Waals surface area (Å²) in [5, 5.41) is 11.4. The van der Waals surface area contributed by atoms with Crippen LogP contribution in [0.4, 0.5) is 8.78 Å². The molecule has 2 N–H and O–H groups in total. The monoisotopic (exact) mass is 329 g/mol. The van der Waals surface area contributed by atoms with Crippen molar-refractivity contribution in [1.82, 2.24) is 5.32 Å². The molecule has 1 fully saturated rings. The Morgan fingerprint density at radius 1 is 1.35 bits per heavy atom. The summed E-state index contributed by atoms with van der Waals surface area (Å²) < 4.78 is 37.9. The lowest BCUT2D eigenvalue weighted by molar-refractivity contribution is -0.0419. The minimum atomic E-state index is -3.09. The zero-order valence-electron chi connectivity index (χ0n) is 12.5. The fourth-order valence-electron chi connectivity index (χ4n) is 2.41. The van der Waals surface area contributed by atoms with Gasteiger partial charge in [0.2, 0.25) is 0 Å². The molecular weight excluding hydrogens is 312 g/mol. The average Bonchev–Trinajstić information content (AvgIpc) is 2.67. The van der Waals surface area contributed by atoms with Crippen molar-refractivity contribution in [3.63, 3.8) is 0 Å². The Kier molecular flexibility index (Phi) is 5.15. The van der Waals surface area contributed by atoms with Crippen LogP contribution < -0.4 is 10.1 Å². The topological polar surface area (TPSA) is 84.9 Å². The molecule has 1 heterocycles. The molecule has 1 amide bonds. The molecule has 0 saturated carbocycles. The van der Waals surface area contributed by atoms with Gasteiger partial charge in [0, 0.05) is 13.0 Å². The molecule has 0 aromatic heterocycles. The van der Waals surface area contributed by atoms with Crippen molar-refractivity contribution in [2.75, 3.05) is 20.3 Å². The van der Waals surface area contributed by atoms with Gasteiger partial charge in [0.25, 0.3) is 11.8 Å². The number of para-hydroxylation sites is 1. The maximum Gasteiger partial charge on any atom is 0.339 e. The van der Waals surface area contributed by atoms with Crippen molar-refractivity contribution in [2.45, 2.75) is 24.8 Å². The van der Waals surface area contributed by atoms with Gasteiger partial charge in [0.05, 0.1) is 25.3 Å². The first-order valence-corrected chi connectivity index (χ1v) is 7.03. The first-order valence-electron chi connectivity index (χ1n) is 7.03. The van der Waals surface area contributed by atoms with E-state index in [1.165, 1.54) is 25.3 Å². The number of aromatic carboxylic acids is 1. The van der Waals surface area contributed by atoms with Crippen LogP contribution in [0.2, 0.25) is 0 Å². The van der Waals surface area contributed by atoms with Crippen molar-refractivity contribution in [1.29, 1.82) is 0 Å². The minimum absolute atomic E-state index is 0.0281. The van der Waals surface area contributed by atoms with E-state index in [-0.39, 0.29) is 36.5 Å². The van der Waals surface area contributed by atoms with E-state index in [0.717, 1.165) is 0 Å². The molecule has 6 nitrogen and oxygen atoms in total. The summed E-state index contributed by atoms with van der Waals surface area (Å²) in [6.07, 6.45) is -0.510. The largest absolute Gasteiger partial charge is 0.495 e. The number of carbonyl (C=O) groups is 2. The lowest BCUT2D eigenvalue weighted by atomic mass is 10.0. The number of rotatable bonds is 4. The fourth-order valence-corrected chi connectivity index (χ4v) is 2.41. The number of benzene rings is 1. The van der Waals surface area contributed by atoms with E-state index in [9.17, 15) is 18.4 Å². The fraction of sp³-hybridized carbons (Fsp3) is 0.467. The van der Waals surface area contributed by atoms with Crippen LogP contribution in [0.25, 0.3) is 0 Å². The van der Waals surface area contributed by atoms with E-state index in [2.05, 4.69) is 5.32 Å². The number of amides is 1. The first kappa shape index (κ1) is 17.1. The third kappa shape index (κ3) is 3.76. The summed E-state index contributed by atoms with van der Waals surface area (Å²) in [5.74, 6) is -5.34. The van der Waals surface area contributed by atoms with Crippen molar-refractivity contribution < 1.29 is 33.0 Å². The standard InChI is InChI=1S/C15H17F2NO5/c1-22-12-9(3-2-4-10(12)14(20)21)13(19)18-11-5-7-23-8-6-15(11,16)17/h2-4,11H,5-8H2,1H3,(H,18,19)(H,20,21). The van der Waals surface area contributed by atoms with Gasteiger partial charge in [-0.3, -0.25) is 4.79 Å². The molecule has 0 aliphatic carbocycles. The highest BCUT2D eigenvalue weighted by Crippen LogP contribution is 2.29. The number of carboxylic acid groups (broad SMARTS) is 1. The number of alkyl halides is 2. The molecule has 8 heteroatoms. The number of nitrogens with one attached hydrogen (secondary N) is 1. The van der Waals surface area contributed by atoms with E-state index in [1.54, 1.807) is 0 Å². The van der Waals surface area contributed by atoms with Gasteiger partial charge >= 0.3 is 5.97 Å². The summed E-state index contributed by atoms with van der Waals surface area (Å²) in [7, 11) is 1.21. The van der Waals surface area contributed by atoms with E-state index in [0.29, 0.717) is 0 Å². The first-order chi connectivity index (χ1) is 10.9. The van der Waals surface area contributed by atoms with Gasteiger partial charge < -0.3 is 19.9 Å². The maximum atomic E-state index is 14.0. The molecule has 0 radical (unpaired) electrons.